The first-order valence-corrected chi connectivity index (χ1v) is 19.2. The van der Waals surface area contributed by atoms with Crippen molar-refractivity contribution in [3.8, 4) is 33.6 Å². The van der Waals surface area contributed by atoms with Gasteiger partial charge in [-0.15, -0.1) is 0 Å². The molecule has 1 aliphatic rings. The van der Waals surface area contributed by atoms with Gasteiger partial charge in [0.1, 0.15) is 0 Å². The molecule has 0 aliphatic carbocycles. The van der Waals surface area contributed by atoms with Crippen LogP contribution < -0.4 is 5.32 Å². The third-order valence-corrected chi connectivity index (χ3v) is 10.7. The molecule has 9 aromatic rings. The Morgan fingerprint density at radius 3 is 1.49 bits per heavy atom. The predicted octanol–water partition coefficient (Wildman–Crippen LogP) is 12.8. The van der Waals surface area contributed by atoms with E-state index in [0.29, 0.717) is 5.71 Å². The molecule has 268 valence electrons. The third-order valence-electron chi connectivity index (χ3n) is 10.7. The molecule has 2 aromatic heterocycles. The van der Waals surface area contributed by atoms with Crippen molar-refractivity contribution in [2.24, 2.45) is 0 Å². The zero-order valence-electron chi connectivity index (χ0n) is 31.0. The summed E-state index contributed by atoms with van der Waals surface area (Å²) in [5, 5.41) is 15.5. The largest absolute Gasteiger partial charge is 0.354 e. The van der Waals surface area contributed by atoms with Crippen molar-refractivity contribution in [1.82, 2.24) is 15.3 Å². The van der Waals surface area contributed by atoms with Gasteiger partial charge in [0, 0.05) is 44.3 Å². The van der Waals surface area contributed by atoms with Crippen LogP contribution in [0, 0.1) is 5.41 Å². The van der Waals surface area contributed by atoms with Crippen LogP contribution in [0.4, 0.5) is 0 Å². The highest BCUT2D eigenvalue weighted by Gasteiger charge is 2.24. The molecule has 0 saturated carbocycles. The van der Waals surface area contributed by atoms with Gasteiger partial charge in [0.2, 0.25) is 0 Å². The summed E-state index contributed by atoms with van der Waals surface area (Å²) >= 11 is 0. The lowest BCUT2D eigenvalue weighted by molar-refractivity contribution is 1.22. The molecular weight excluding hydrogens is 693 g/mol. The van der Waals surface area contributed by atoms with Crippen LogP contribution in [-0.4, -0.2) is 15.7 Å². The van der Waals surface area contributed by atoms with Crippen molar-refractivity contribution < 1.29 is 0 Å². The Hall–Kier alpha value is -7.69. The van der Waals surface area contributed by atoms with E-state index in [0.717, 1.165) is 100 Å². The lowest BCUT2D eigenvalue weighted by atomic mass is 9.87. The second kappa shape index (κ2) is 14.5. The second-order valence-electron chi connectivity index (χ2n) is 14.3. The van der Waals surface area contributed by atoms with E-state index < -0.39 is 0 Å². The Bertz CT molecular complexity index is 3010. The smallest absolute Gasteiger partial charge is 0.0972 e. The monoisotopic (exact) mass is 728 g/mol. The summed E-state index contributed by atoms with van der Waals surface area (Å²) in [6, 6.07) is 68.9. The maximum Gasteiger partial charge on any atom is 0.0972 e. The van der Waals surface area contributed by atoms with Crippen LogP contribution in [-0.2, 0) is 0 Å². The minimum Gasteiger partial charge on any atom is -0.354 e. The number of fused-ring (bicyclic) bond motifs is 4. The molecule has 0 bridgehead atoms. The molecule has 0 saturated heterocycles. The number of benzene rings is 7. The van der Waals surface area contributed by atoms with E-state index in [1.807, 2.05) is 72.8 Å². The third kappa shape index (κ3) is 6.49. The topological polar surface area (TPSA) is 61.7 Å². The molecule has 57 heavy (non-hydrogen) atoms. The van der Waals surface area contributed by atoms with Gasteiger partial charge in [-0.2, -0.15) is 0 Å². The molecule has 2 N–H and O–H groups in total. The molecule has 0 spiro atoms. The van der Waals surface area contributed by atoms with Crippen LogP contribution in [0.3, 0.4) is 0 Å². The van der Waals surface area contributed by atoms with Crippen LogP contribution >= 0.6 is 0 Å². The summed E-state index contributed by atoms with van der Waals surface area (Å²) in [6.45, 7) is 0. The fraction of sp³-hybridized carbons (Fsp3) is 0. The molecular formula is C53H36N4. The highest BCUT2D eigenvalue weighted by molar-refractivity contribution is 6.36. The van der Waals surface area contributed by atoms with E-state index in [-0.39, 0.29) is 0 Å². The van der Waals surface area contributed by atoms with Gasteiger partial charge in [-0.25, -0.2) is 9.97 Å². The molecule has 4 nitrogen and oxygen atoms in total. The summed E-state index contributed by atoms with van der Waals surface area (Å²) < 4.78 is 0. The van der Waals surface area contributed by atoms with Crippen LogP contribution in [0.25, 0.3) is 78.5 Å². The summed E-state index contributed by atoms with van der Waals surface area (Å²) in [7, 11) is 0. The van der Waals surface area contributed by atoms with E-state index in [9.17, 15) is 5.41 Å². The van der Waals surface area contributed by atoms with Crippen molar-refractivity contribution in [2.75, 3.05) is 0 Å². The minimum atomic E-state index is 0.465. The quantitative estimate of drug-likeness (QED) is 0.127. The molecule has 0 atom stereocenters. The maximum atomic E-state index is 9.54. The van der Waals surface area contributed by atoms with Gasteiger partial charge in [-0.3, -0.25) is 5.41 Å². The van der Waals surface area contributed by atoms with Crippen molar-refractivity contribution in [2.45, 2.75) is 0 Å². The van der Waals surface area contributed by atoms with Crippen LogP contribution in [0.15, 0.2) is 200 Å². The van der Waals surface area contributed by atoms with E-state index in [2.05, 4.69) is 139 Å². The standard InChI is InChI=1S/C53H36N4/c54-50(40-19-11-4-12-20-40)49(39-17-9-3-10-18-39)53-45-30-27-43(33-44(45)34-48(57-53)37-15-7-2-8-16-37)35-21-23-38(24-22-35)47-32-29-42-26-25-41-28-31-46(36-13-5-1-6-14-36)55-51(41)52(42)56-47/h1-34,54,57H/b53-49-,54-50?. The molecule has 0 radical (unpaired) electrons. The summed E-state index contributed by atoms with van der Waals surface area (Å²) in [5.74, 6) is 0. The van der Waals surface area contributed by atoms with Gasteiger partial charge >= 0.3 is 0 Å². The lowest BCUT2D eigenvalue weighted by Gasteiger charge is -2.26. The molecule has 4 heteroatoms. The fourth-order valence-electron chi connectivity index (χ4n) is 7.75. The SMILES string of the molecule is N=C(/C(=C1\NC(c2ccccc2)=Cc2cc(-c3ccc(-c4ccc5ccc6ccc(-c7ccccc7)nc6c5n4)cc3)ccc21)c1ccccc1)c1ccccc1. The van der Waals surface area contributed by atoms with Crippen molar-refractivity contribution in [1.29, 1.82) is 5.41 Å². The number of hydrogen-bond acceptors (Lipinski definition) is 4. The molecule has 10 rings (SSSR count). The number of allylic oxidation sites excluding steroid dienone is 1. The maximum absolute atomic E-state index is 9.54. The number of rotatable bonds is 7. The van der Waals surface area contributed by atoms with Crippen molar-refractivity contribution in [3.05, 3.63) is 228 Å². The minimum absolute atomic E-state index is 0.465. The van der Waals surface area contributed by atoms with Gasteiger partial charge in [0.25, 0.3) is 0 Å². The van der Waals surface area contributed by atoms with Crippen molar-refractivity contribution in [3.63, 3.8) is 0 Å². The number of aromatic nitrogens is 2. The predicted molar refractivity (Wildman–Crippen MR) is 237 cm³/mol. The number of hydrogen-bond donors (Lipinski definition) is 2. The summed E-state index contributed by atoms with van der Waals surface area (Å²) in [5.41, 5.74) is 16.3. The van der Waals surface area contributed by atoms with Crippen molar-refractivity contribution >= 4 is 50.6 Å². The number of nitrogens with zero attached hydrogens (tertiary/aromatic N) is 2. The highest BCUT2D eigenvalue weighted by Crippen LogP contribution is 2.38. The zero-order chi connectivity index (χ0) is 38.1. The normalized spacial score (nSPS) is 13.1. The fourth-order valence-corrected chi connectivity index (χ4v) is 7.75. The Morgan fingerprint density at radius 1 is 0.421 bits per heavy atom. The lowest BCUT2D eigenvalue weighted by Crippen LogP contribution is -2.20. The summed E-state index contributed by atoms with van der Waals surface area (Å²) in [4.78, 5) is 10.3. The molecule has 3 heterocycles. The number of nitrogens with one attached hydrogen (secondary N) is 2. The molecule has 7 aromatic carbocycles. The first kappa shape index (κ1) is 33.8. The van der Waals surface area contributed by atoms with E-state index in [1.165, 1.54) is 0 Å². The Balaban J connectivity index is 1.05. The van der Waals surface area contributed by atoms with Crippen LogP contribution in [0.1, 0.15) is 27.8 Å². The van der Waals surface area contributed by atoms with Gasteiger partial charge in [-0.1, -0.05) is 182 Å². The van der Waals surface area contributed by atoms with E-state index in [1.54, 1.807) is 0 Å². The van der Waals surface area contributed by atoms with Gasteiger partial charge in [-0.05, 0) is 52.1 Å². The van der Waals surface area contributed by atoms with Gasteiger partial charge in [0.15, 0.2) is 0 Å². The molecule has 0 amide bonds. The van der Waals surface area contributed by atoms with E-state index >= 15 is 0 Å². The first-order chi connectivity index (χ1) is 28.2. The molecule has 1 aliphatic heterocycles. The Morgan fingerprint density at radius 2 is 0.895 bits per heavy atom. The Kier molecular flexibility index (Phi) is 8.62. The first-order valence-electron chi connectivity index (χ1n) is 19.2. The zero-order valence-corrected chi connectivity index (χ0v) is 31.0. The number of pyridine rings is 2. The van der Waals surface area contributed by atoms with Crippen LogP contribution in [0.2, 0.25) is 0 Å². The van der Waals surface area contributed by atoms with E-state index in [4.69, 9.17) is 9.97 Å². The average molecular weight is 729 g/mol. The Labute approximate surface area is 331 Å². The van der Waals surface area contributed by atoms with Crippen LogP contribution in [0.5, 0.6) is 0 Å². The molecule has 0 fully saturated rings. The van der Waals surface area contributed by atoms with Gasteiger partial charge in [0.05, 0.1) is 33.8 Å². The average Bonchev–Trinajstić information content (AvgIpc) is 3.29. The second-order valence-corrected chi connectivity index (χ2v) is 14.3. The molecule has 0 unspecified atom stereocenters. The highest BCUT2D eigenvalue weighted by atomic mass is 14.9. The summed E-state index contributed by atoms with van der Waals surface area (Å²) in [6.07, 6.45) is 2.22. The van der Waals surface area contributed by atoms with Gasteiger partial charge < -0.3 is 5.32 Å².